The Balaban J connectivity index is 3.14. The molecule has 0 bridgehead atoms. The fraction of sp³-hybridized carbons (Fsp3) is 0.667. The van der Waals surface area contributed by atoms with Crippen molar-refractivity contribution in [2.75, 3.05) is 0 Å². The van der Waals surface area contributed by atoms with Gasteiger partial charge in [0.05, 0.1) is 0 Å². The largest absolute Gasteiger partial charge is 0.265 e. The summed E-state index contributed by atoms with van der Waals surface area (Å²) in [7, 11) is -0.726. The van der Waals surface area contributed by atoms with E-state index in [1.807, 2.05) is 12.7 Å². The first-order valence-electron chi connectivity index (χ1n) is 1.89. The molecule has 0 aromatic carbocycles. The van der Waals surface area contributed by atoms with Crippen LogP contribution in [0.15, 0.2) is 0 Å². The highest BCUT2D eigenvalue weighted by Gasteiger charge is 1.83. The average molecular weight is 105 g/mol. The Hall–Kier alpha value is 0.0900. The summed E-state index contributed by atoms with van der Waals surface area (Å²) >= 11 is 0. The Labute approximate surface area is 39.0 Å². The van der Waals surface area contributed by atoms with Gasteiger partial charge in [-0.1, -0.05) is 6.92 Å². The van der Waals surface area contributed by atoms with Gasteiger partial charge in [0.15, 0.2) is 0 Å². The van der Waals surface area contributed by atoms with Gasteiger partial charge in [-0.25, -0.2) is 0 Å². The zero-order valence-electron chi connectivity index (χ0n) is 3.89. The van der Waals surface area contributed by atoms with Crippen molar-refractivity contribution in [1.82, 2.24) is 0 Å². The first-order chi connectivity index (χ1) is 2.77. The van der Waals surface area contributed by atoms with Gasteiger partial charge >= 0.3 is 0 Å². The third-order valence-corrected chi connectivity index (χ3v) is 1.18. The molecule has 0 unspecified atom stereocenters. The molecule has 0 atom stereocenters. The monoisotopic (exact) mass is 105 g/mol. The molecule has 0 aliphatic carbocycles. The summed E-state index contributed by atoms with van der Waals surface area (Å²) in [5.41, 5.74) is 10.4. The van der Waals surface area contributed by atoms with Gasteiger partial charge in [0.25, 0.3) is 7.85 Å². The van der Waals surface area contributed by atoms with E-state index in [9.17, 15) is 0 Å². The summed E-state index contributed by atoms with van der Waals surface area (Å²) in [6.07, 6.45) is 0.985. The van der Waals surface area contributed by atoms with Crippen LogP contribution >= 0.6 is 7.85 Å². The van der Waals surface area contributed by atoms with Gasteiger partial charge < -0.3 is 0 Å². The van der Waals surface area contributed by atoms with Gasteiger partial charge in [0.1, 0.15) is 5.80 Å². The topological polar surface area (TPSA) is 52.0 Å². The van der Waals surface area contributed by atoms with Gasteiger partial charge in [0, 0.05) is 6.42 Å². The first kappa shape index (κ1) is 6.09. The third kappa shape index (κ3) is 4.09. The van der Waals surface area contributed by atoms with Crippen LogP contribution in [0, 0.1) is 0 Å². The van der Waals surface area contributed by atoms with E-state index in [2.05, 4.69) is 0 Å². The predicted octanol–water partition coefficient (Wildman–Crippen LogP) is 0.428. The quantitative estimate of drug-likeness (QED) is 0.475. The van der Waals surface area contributed by atoms with Crippen molar-refractivity contribution in [3.05, 3.63) is 0 Å². The minimum absolute atomic E-state index is 0.726. The van der Waals surface area contributed by atoms with Crippen molar-refractivity contribution in [1.29, 1.82) is 0 Å². The number of hydrogen-bond donors (Lipinski definition) is 2. The summed E-state index contributed by atoms with van der Waals surface area (Å²) in [5.74, 6) is 1.91. The first-order valence-corrected chi connectivity index (χ1v) is 3.44. The molecule has 3 heteroatoms. The van der Waals surface area contributed by atoms with Crippen molar-refractivity contribution < 1.29 is 0 Å². The number of nitrogens with two attached hydrogens (primary N) is 2. The molecule has 0 aromatic heterocycles. The number of rotatable bonds is 1. The summed E-state index contributed by atoms with van der Waals surface area (Å²) in [6, 6.07) is 0. The van der Waals surface area contributed by atoms with Crippen LogP contribution in [0.1, 0.15) is 13.3 Å². The van der Waals surface area contributed by atoms with Crippen molar-refractivity contribution in [3.63, 3.8) is 0 Å². The van der Waals surface area contributed by atoms with E-state index in [0.717, 1.165) is 6.42 Å². The van der Waals surface area contributed by atoms with E-state index in [0.29, 0.717) is 0 Å². The highest BCUT2D eigenvalue weighted by Crippen LogP contribution is 1.91. The van der Waals surface area contributed by atoms with E-state index >= 15 is 0 Å². The fourth-order valence-electron chi connectivity index (χ4n) is 0.211. The van der Waals surface area contributed by atoms with Gasteiger partial charge in [-0.05, 0) is 0 Å². The van der Waals surface area contributed by atoms with Crippen LogP contribution in [0.25, 0.3) is 0 Å². The van der Waals surface area contributed by atoms with Crippen LogP contribution in [0.2, 0.25) is 0 Å². The second-order valence-electron chi connectivity index (χ2n) is 1.04. The van der Waals surface area contributed by atoms with E-state index in [-0.39, 0.29) is 0 Å². The molecular formula is C3H10N2P+. The molecule has 0 aliphatic rings. The van der Waals surface area contributed by atoms with Gasteiger partial charge in [-0.3, -0.25) is 0 Å². The molecule has 0 saturated carbocycles. The lowest BCUT2D eigenvalue weighted by Gasteiger charge is -1.66. The Morgan fingerprint density at radius 3 is 2.17 bits per heavy atom. The Morgan fingerprint density at radius 1 is 1.67 bits per heavy atom. The Morgan fingerprint density at radius 2 is 2.17 bits per heavy atom. The Kier molecular flexibility index (Phi) is 3.34. The lowest BCUT2D eigenvalue weighted by Crippen LogP contribution is -1.90. The summed E-state index contributed by atoms with van der Waals surface area (Å²) in [5, 5.41) is 0. The molecule has 0 spiro atoms. The van der Waals surface area contributed by atoms with Crippen LogP contribution in [-0.4, -0.2) is 5.80 Å². The predicted molar refractivity (Wildman–Crippen MR) is 31.6 cm³/mol. The minimum Gasteiger partial charge on any atom is -0.141 e. The molecule has 0 radical (unpaired) electrons. The molecule has 2 nitrogen and oxygen atoms in total. The Bertz CT molecular complexity index is 55.8. The lowest BCUT2D eigenvalue weighted by molar-refractivity contribution is 1.35. The second-order valence-corrected chi connectivity index (χ2v) is 2.30. The van der Waals surface area contributed by atoms with Crippen LogP contribution < -0.4 is 11.0 Å². The van der Waals surface area contributed by atoms with Gasteiger partial charge in [0.2, 0.25) is 0 Å². The molecule has 0 aromatic rings. The van der Waals surface area contributed by atoms with Crippen molar-refractivity contribution in [3.8, 4) is 0 Å². The minimum atomic E-state index is -0.726. The van der Waals surface area contributed by atoms with E-state index in [1.165, 1.54) is 0 Å². The molecule has 0 fully saturated rings. The second kappa shape index (κ2) is 3.29. The molecule has 0 amide bonds. The zero-order valence-corrected chi connectivity index (χ0v) is 4.78. The maximum atomic E-state index is 5.19. The maximum Gasteiger partial charge on any atom is 0.265 e. The molecular weight excluding hydrogens is 95.0 g/mol. The summed E-state index contributed by atoms with van der Waals surface area (Å²) in [4.78, 5) is 0. The summed E-state index contributed by atoms with van der Waals surface area (Å²) < 4.78 is 0. The normalized spacial score (nSPS) is 7.83. The highest BCUT2D eigenvalue weighted by molar-refractivity contribution is 7.52. The van der Waals surface area contributed by atoms with Crippen LogP contribution in [-0.2, 0) is 0 Å². The smallest absolute Gasteiger partial charge is 0.141 e. The summed E-state index contributed by atoms with van der Waals surface area (Å²) in [6.45, 7) is 2.02. The molecule has 0 heterocycles. The fourth-order valence-corrected chi connectivity index (χ4v) is 0.632. The zero-order chi connectivity index (χ0) is 4.99. The van der Waals surface area contributed by atoms with Crippen LogP contribution in [0.4, 0.5) is 0 Å². The third-order valence-electron chi connectivity index (χ3n) is 0.393. The molecule has 0 aliphatic heterocycles. The van der Waals surface area contributed by atoms with E-state index in [1.54, 1.807) is 0 Å². The SMILES string of the molecule is CCC=[P+](N)N. The molecule has 0 rings (SSSR count). The maximum absolute atomic E-state index is 5.19. The van der Waals surface area contributed by atoms with Gasteiger partial charge in [-0.15, -0.1) is 11.0 Å². The van der Waals surface area contributed by atoms with Crippen molar-refractivity contribution >= 4 is 13.6 Å². The molecule has 6 heavy (non-hydrogen) atoms. The molecule has 36 valence electrons. The standard InChI is InChI=1S/C3H10N2P/c1-2-3-6(4)5/h3H,2,4-5H2,1H3/q+1. The van der Waals surface area contributed by atoms with E-state index < -0.39 is 7.85 Å². The van der Waals surface area contributed by atoms with Crippen LogP contribution in [0.3, 0.4) is 0 Å². The van der Waals surface area contributed by atoms with Crippen molar-refractivity contribution in [2.24, 2.45) is 11.0 Å². The highest BCUT2D eigenvalue weighted by atomic mass is 31.1. The molecule has 4 N–H and O–H groups in total. The van der Waals surface area contributed by atoms with Gasteiger partial charge in [-0.2, -0.15) is 0 Å². The van der Waals surface area contributed by atoms with E-state index in [4.69, 9.17) is 11.0 Å². The molecule has 0 saturated heterocycles. The van der Waals surface area contributed by atoms with Crippen LogP contribution in [0.5, 0.6) is 0 Å². The average Bonchev–Trinajstić information content (AvgIpc) is 1.35. The van der Waals surface area contributed by atoms with Crippen molar-refractivity contribution in [2.45, 2.75) is 13.3 Å². The lowest BCUT2D eigenvalue weighted by atomic mass is 10.6. The number of hydrogen-bond acceptors (Lipinski definition) is 2.